The molecule has 0 radical (unpaired) electrons. The van der Waals surface area contributed by atoms with Gasteiger partial charge in [0.2, 0.25) is 6.41 Å². The second kappa shape index (κ2) is 19.9. The Bertz CT molecular complexity index is 678. The van der Waals surface area contributed by atoms with Crippen molar-refractivity contribution in [2.45, 2.75) is 85.2 Å². The van der Waals surface area contributed by atoms with Crippen LogP contribution in [0.3, 0.4) is 0 Å². The molecule has 8 nitrogen and oxygen atoms in total. The van der Waals surface area contributed by atoms with Crippen LogP contribution in [0.25, 0.3) is 0 Å². The highest BCUT2D eigenvalue weighted by Crippen LogP contribution is 2.25. The van der Waals surface area contributed by atoms with Crippen LogP contribution in [0.4, 0.5) is 5.69 Å². The van der Waals surface area contributed by atoms with Gasteiger partial charge in [0.25, 0.3) is 0 Å². The smallest absolute Gasteiger partial charge is 0.308 e. The van der Waals surface area contributed by atoms with E-state index in [4.69, 9.17) is 20.3 Å². The molecule has 1 aliphatic carbocycles. The SMILES string of the molecule is CCC(CN(C=O)CCO)OC.CCOC(=O)C1CCCCC1.CCc1cc(CC)c(O)cc1N. The number of methoxy groups -OCH3 is 1. The molecule has 202 valence electrons. The number of aliphatic hydroxyl groups excluding tert-OH is 1. The minimum atomic E-state index is -0.00110. The van der Waals surface area contributed by atoms with Crippen molar-refractivity contribution in [3.05, 3.63) is 23.3 Å². The van der Waals surface area contributed by atoms with Gasteiger partial charge < -0.3 is 30.3 Å². The van der Waals surface area contributed by atoms with Crippen LogP contribution in [0.1, 0.15) is 77.3 Å². The lowest BCUT2D eigenvalue weighted by Crippen LogP contribution is -2.34. The van der Waals surface area contributed by atoms with Gasteiger partial charge in [-0.2, -0.15) is 0 Å². The third-order valence-corrected chi connectivity index (χ3v) is 6.09. The standard InChI is InChI=1S/C10H15NO.C9H16O2.C8H17NO3/c1-3-7-5-8(4-2)10(12)6-9(7)11;1-2-11-9(10)8-6-4-3-5-7-8;1-3-8(12-2)6-9(7-11)4-5-10/h5-6,12H,3-4,11H2,1-2H3;8H,2-7H2,1H3;7-8,10H,3-6H2,1-2H3. The van der Waals surface area contributed by atoms with Gasteiger partial charge in [-0.1, -0.05) is 46.1 Å². The number of benzene rings is 1. The van der Waals surface area contributed by atoms with Crippen LogP contribution >= 0.6 is 0 Å². The summed E-state index contributed by atoms with van der Waals surface area (Å²) in [6.45, 7) is 9.39. The summed E-state index contributed by atoms with van der Waals surface area (Å²) in [5.74, 6) is 0.545. The van der Waals surface area contributed by atoms with Crippen molar-refractivity contribution in [1.82, 2.24) is 4.90 Å². The highest BCUT2D eigenvalue weighted by molar-refractivity contribution is 5.72. The van der Waals surface area contributed by atoms with Crippen LogP contribution in [0.15, 0.2) is 12.1 Å². The van der Waals surface area contributed by atoms with E-state index in [-0.39, 0.29) is 24.6 Å². The number of aliphatic hydroxyl groups is 1. The first-order chi connectivity index (χ1) is 16.8. The largest absolute Gasteiger partial charge is 0.508 e. The zero-order valence-corrected chi connectivity index (χ0v) is 22.4. The number of hydrogen-bond donors (Lipinski definition) is 3. The number of nitrogen functional groups attached to an aromatic ring is 1. The van der Waals surface area contributed by atoms with Gasteiger partial charge in [0.1, 0.15) is 5.75 Å². The van der Waals surface area contributed by atoms with E-state index in [0.29, 0.717) is 31.1 Å². The number of phenols is 1. The molecule has 8 heteroatoms. The number of nitrogens with zero attached hydrogens (tertiary/aromatic N) is 1. The van der Waals surface area contributed by atoms with E-state index in [1.807, 2.05) is 26.8 Å². The minimum absolute atomic E-state index is 0.00110. The Morgan fingerprint density at radius 3 is 2.23 bits per heavy atom. The quantitative estimate of drug-likeness (QED) is 0.240. The summed E-state index contributed by atoms with van der Waals surface area (Å²) in [5, 5.41) is 18.0. The Balaban J connectivity index is 0.000000496. The topological polar surface area (TPSA) is 122 Å². The maximum absolute atomic E-state index is 11.2. The van der Waals surface area contributed by atoms with Gasteiger partial charge in [-0.25, -0.2) is 0 Å². The second-order valence-electron chi connectivity index (χ2n) is 8.56. The van der Waals surface area contributed by atoms with Crippen molar-refractivity contribution in [1.29, 1.82) is 0 Å². The molecule has 0 spiro atoms. The first kappa shape index (κ1) is 32.7. The zero-order chi connectivity index (χ0) is 26.6. The van der Waals surface area contributed by atoms with Crippen LogP contribution in [0.2, 0.25) is 0 Å². The Kier molecular flexibility index (Phi) is 18.6. The molecule has 0 bridgehead atoms. The van der Waals surface area contributed by atoms with Gasteiger partial charge >= 0.3 is 5.97 Å². The number of esters is 1. The highest BCUT2D eigenvalue weighted by atomic mass is 16.5. The molecule has 35 heavy (non-hydrogen) atoms. The van der Waals surface area contributed by atoms with E-state index in [9.17, 15) is 14.7 Å². The fraction of sp³-hybridized carbons (Fsp3) is 0.704. The molecule has 1 aliphatic rings. The summed E-state index contributed by atoms with van der Waals surface area (Å²) < 4.78 is 10.0. The Hall–Kier alpha value is -2.32. The Morgan fingerprint density at radius 2 is 1.77 bits per heavy atom. The van der Waals surface area contributed by atoms with E-state index in [0.717, 1.165) is 49.6 Å². The Morgan fingerprint density at radius 1 is 1.14 bits per heavy atom. The van der Waals surface area contributed by atoms with Crippen LogP contribution in [0.5, 0.6) is 5.75 Å². The number of rotatable bonds is 11. The molecule has 4 N–H and O–H groups in total. The summed E-state index contributed by atoms with van der Waals surface area (Å²) in [7, 11) is 1.62. The predicted molar refractivity (Wildman–Crippen MR) is 140 cm³/mol. The van der Waals surface area contributed by atoms with Gasteiger partial charge in [-0.3, -0.25) is 9.59 Å². The summed E-state index contributed by atoms with van der Waals surface area (Å²) in [4.78, 5) is 23.1. The van der Waals surface area contributed by atoms with Crippen LogP contribution < -0.4 is 5.73 Å². The first-order valence-electron chi connectivity index (χ1n) is 12.9. The maximum atomic E-state index is 11.2. The van der Waals surface area contributed by atoms with Crippen LogP contribution in [0, 0.1) is 5.92 Å². The van der Waals surface area contributed by atoms with E-state index < -0.39 is 0 Å². The molecule has 1 aromatic rings. The lowest BCUT2D eigenvalue weighted by molar-refractivity contribution is -0.149. The van der Waals surface area contributed by atoms with E-state index in [1.54, 1.807) is 13.2 Å². The lowest BCUT2D eigenvalue weighted by Gasteiger charge is -2.21. The number of carbonyl (C=O) groups is 2. The van der Waals surface area contributed by atoms with E-state index >= 15 is 0 Å². The summed E-state index contributed by atoms with van der Waals surface area (Å²) in [6.07, 6.45) is 9.20. The molecule has 1 saturated carbocycles. The number of ether oxygens (including phenoxy) is 2. The molecule has 1 unspecified atom stereocenters. The van der Waals surface area contributed by atoms with Crippen molar-refractivity contribution >= 4 is 18.1 Å². The second-order valence-corrected chi connectivity index (χ2v) is 8.56. The lowest BCUT2D eigenvalue weighted by atomic mass is 9.89. The van der Waals surface area contributed by atoms with Crippen molar-refractivity contribution in [3.8, 4) is 5.75 Å². The highest BCUT2D eigenvalue weighted by Gasteiger charge is 2.21. The molecule has 0 aliphatic heterocycles. The van der Waals surface area contributed by atoms with Gasteiger partial charge in [0, 0.05) is 32.0 Å². The molecular formula is C27H48N2O6. The fourth-order valence-corrected chi connectivity index (χ4v) is 3.84. The van der Waals surface area contributed by atoms with E-state index in [2.05, 4.69) is 6.92 Å². The van der Waals surface area contributed by atoms with Gasteiger partial charge in [-0.05, 0) is 50.2 Å². The molecule has 0 heterocycles. The number of amides is 1. The van der Waals surface area contributed by atoms with Gasteiger partial charge in [0.05, 0.1) is 25.2 Å². The number of phenolic OH excluding ortho intramolecular Hbond substituents is 1. The molecular weight excluding hydrogens is 448 g/mol. The Labute approximate surface area is 211 Å². The van der Waals surface area contributed by atoms with Crippen LogP contribution in [-0.2, 0) is 31.9 Å². The van der Waals surface area contributed by atoms with Crippen molar-refractivity contribution in [2.75, 3.05) is 39.1 Å². The number of anilines is 1. The molecule has 0 aromatic heterocycles. The number of hydrogen-bond acceptors (Lipinski definition) is 7. The van der Waals surface area contributed by atoms with Crippen molar-refractivity contribution in [3.63, 3.8) is 0 Å². The molecule has 1 atom stereocenters. The van der Waals surface area contributed by atoms with Crippen molar-refractivity contribution in [2.24, 2.45) is 5.92 Å². The third-order valence-electron chi connectivity index (χ3n) is 6.09. The van der Waals surface area contributed by atoms with Gasteiger partial charge in [0.15, 0.2) is 0 Å². The average Bonchev–Trinajstić information content (AvgIpc) is 2.88. The molecule has 0 saturated heterocycles. The monoisotopic (exact) mass is 496 g/mol. The zero-order valence-electron chi connectivity index (χ0n) is 22.4. The summed E-state index contributed by atoms with van der Waals surface area (Å²) in [6, 6.07) is 3.61. The third kappa shape index (κ3) is 13.4. The van der Waals surface area contributed by atoms with E-state index in [1.165, 1.54) is 24.2 Å². The van der Waals surface area contributed by atoms with Crippen LogP contribution in [-0.4, -0.2) is 67.0 Å². The maximum Gasteiger partial charge on any atom is 0.308 e. The number of aromatic hydroxyl groups is 1. The summed E-state index contributed by atoms with van der Waals surface area (Å²) in [5.41, 5.74) is 8.47. The molecule has 1 amide bonds. The van der Waals surface area contributed by atoms with Gasteiger partial charge in [-0.15, -0.1) is 0 Å². The molecule has 1 aromatic carbocycles. The summed E-state index contributed by atoms with van der Waals surface area (Å²) >= 11 is 0. The predicted octanol–water partition coefficient (Wildman–Crippen LogP) is 4.09. The molecule has 1 fully saturated rings. The average molecular weight is 497 g/mol. The number of aryl methyl sites for hydroxylation is 2. The minimum Gasteiger partial charge on any atom is -0.508 e. The first-order valence-corrected chi connectivity index (χ1v) is 12.9. The molecule has 2 rings (SSSR count). The number of nitrogens with two attached hydrogens (primary N) is 1. The van der Waals surface area contributed by atoms with Crippen molar-refractivity contribution < 1.29 is 29.3 Å². The fourth-order valence-electron chi connectivity index (χ4n) is 3.84. The number of carbonyl (C=O) groups excluding carboxylic acids is 2. The normalized spacial score (nSPS) is 14.0.